The van der Waals surface area contributed by atoms with Crippen LogP contribution in [0.3, 0.4) is 0 Å². The third kappa shape index (κ3) is 4.99. The van der Waals surface area contributed by atoms with Crippen LogP contribution in [0.4, 0.5) is 0 Å². The van der Waals surface area contributed by atoms with Crippen molar-refractivity contribution in [2.75, 3.05) is 19.8 Å². The summed E-state index contributed by atoms with van der Waals surface area (Å²) in [6, 6.07) is 4.61. The van der Waals surface area contributed by atoms with E-state index < -0.39 is 10.0 Å². The maximum absolute atomic E-state index is 12.6. The van der Waals surface area contributed by atoms with E-state index in [1.54, 1.807) is 12.1 Å². The molecule has 2 unspecified atom stereocenters. The van der Waals surface area contributed by atoms with E-state index in [1.807, 2.05) is 13.8 Å². The van der Waals surface area contributed by atoms with E-state index in [2.05, 4.69) is 4.72 Å². The summed E-state index contributed by atoms with van der Waals surface area (Å²) in [5.41, 5.74) is 5.73. The molecule has 0 radical (unpaired) electrons. The molecular formula is C16H27ClN2O4S. The van der Waals surface area contributed by atoms with Gasteiger partial charge in [-0.2, -0.15) is 0 Å². The number of ether oxygens (including phenoxy) is 2. The Kier molecular flexibility index (Phi) is 8.29. The van der Waals surface area contributed by atoms with Crippen LogP contribution in [-0.4, -0.2) is 34.2 Å². The van der Waals surface area contributed by atoms with Crippen molar-refractivity contribution in [2.24, 2.45) is 11.7 Å². The molecule has 138 valence electrons. The average Bonchev–Trinajstić information content (AvgIpc) is 2.95. The van der Waals surface area contributed by atoms with Crippen LogP contribution in [0.15, 0.2) is 23.1 Å². The normalized spacial score (nSPS) is 20.5. The van der Waals surface area contributed by atoms with Crippen molar-refractivity contribution < 1.29 is 17.9 Å². The average molecular weight is 379 g/mol. The molecule has 0 spiro atoms. The van der Waals surface area contributed by atoms with E-state index >= 15 is 0 Å². The number of halogens is 1. The summed E-state index contributed by atoms with van der Waals surface area (Å²) in [4.78, 5) is 0.187. The Labute approximate surface area is 150 Å². The zero-order chi connectivity index (χ0) is 16.9. The number of rotatable bonds is 8. The molecule has 2 rings (SSSR count). The zero-order valence-corrected chi connectivity index (χ0v) is 15.8. The molecule has 1 aromatic rings. The lowest BCUT2D eigenvalue weighted by Crippen LogP contribution is -2.39. The second kappa shape index (κ2) is 9.46. The highest BCUT2D eigenvalue weighted by Gasteiger charge is 2.30. The zero-order valence-electron chi connectivity index (χ0n) is 14.2. The van der Waals surface area contributed by atoms with Crippen LogP contribution in [0.1, 0.15) is 33.1 Å². The summed E-state index contributed by atoms with van der Waals surface area (Å²) in [7, 11) is -3.60. The largest absolute Gasteiger partial charge is 0.490 e. The van der Waals surface area contributed by atoms with Gasteiger partial charge in [0.1, 0.15) is 0 Å². The van der Waals surface area contributed by atoms with Crippen molar-refractivity contribution in [3.63, 3.8) is 0 Å². The highest BCUT2D eigenvalue weighted by Crippen LogP contribution is 2.31. The van der Waals surface area contributed by atoms with Gasteiger partial charge in [0.05, 0.1) is 18.1 Å². The van der Waals surface area contributed by atoms with Gasteiger partial charge in [0.25, 0.3) is 0 Å². The molecule has 3 N–H and O–H groups in total. The second-order valence-electron chi connectivity index (χ2n) is 5.63. The molecule has 0 aliphatic heterocycles. The van der Waals surface area contributed by atoms with Gasteiger partial charge >= 0.3 is 0 Å². The van der Waals surface area contributed by atoms with Crippen molar-refractivity contribution >= 4 is 22.4 Å². The van der Waals surface area contributed by atoms with Crippen molar-refractivity contribution in [1.82, 2.24) is 4.72 Å². The maximum atomic E-state index is 12.6. The Bertz CT molecular complexity index is 625. The summed E-state index contributed by atoms with van der Waals surface area (Å²) < 4.78 is 39.0. The standard InChI is InChI=1S/C16H26N2O4S.ClH/c1-3-21-15-9-8-13(10-16(15)22-4-2)23(19,20)18-14-7-5-6-12(14)11-17;/h8-10,12,14,18H,3-7,11,17H2,1-2H3;1H. The maximum Gasteiger partial charge on any atom is 0.240 e. The quantitative estimate of drug-likeness (QED) is 0.724. The molecule has 1 aromatic carbocycles. The van der Waals surface area contributed by atoms with Gasteiger partial charge in [-0.3, -0.25) is 0 Å². The highest BCUT2D eigenvalue weighted by molar-refractivity contribution is 7.89. The molecule has 2 atom stereocenters. The minimum atomic E-state index is -3.60. The first-order valence-corrected chi connectivity index (χ1v) is 9.62. The third-order valence-electron chi connectivity index (χ3n) is 4.09. The summed E-state index contributed by atoms with van der Waals surface area (Å²) in [6.45, 7) is 5.15. The van der Waals surface area contributed by atoms with Crippen molar-refractivity contribution in [3.8, 4) is 11.5 Å². The van der Waals surface area contributed by atoms with Gasteiger partial charge in [0.2, 0.25) is 10.0 Å². The summed E-state index contributed by atoms with van der Waals surface area (Å²) in [5.74, 6) is 1.20. The fraction of sp³-hybridized carbons (Fsp3) is 0.625. The van der Waals surface area contributed by atoms with E-state index in [4.69, 9.17) is 15.2 Å². The molecule has 24 heavy (non-hydrogen) atoms. The summed E-state index contributed by atoms with van der Waals surface area (Å²) in [5, 5.41) is 0. The van der Waals surface area contributed by atoms with Gasteiger partial charge < -0.3 is 15.2 Å². The number of benzene rings is 1. The number of hydrogen-bond acceptors (Lipinski definition) is 5. The molecule has 0 heterocycles. The Morgan fingerprint density at radius 3 is 2.46 bits per heavy atom. The summed E-state index contributed by atoms with van der Waals surface area (Å²) >= 11 is 0. The number of nitrogens with two attached hydrogens (primary N) is 1. The lowest BCUT2D eigenvalue weighted by molar-refractivity contribution is 0.287. The minimum absolute atomic E-state index is 0. The van der Waals surface area contributed by atoms with Gasteiger partial charge in [0, 0.05) is 12.1 Å². The Hall–Kier alpha value is -1.02. The predicted molar refractivity (Wildman–Crippen MR) is 96.5 cm³/mol. The second-order valence-corrected chi connectivity index (χ2v) is 7.34. The Morgan fingerprint density at radius 1 is 1.17 bits per heavy atom. The topological polar surface area (TPSA) is 90.7 Å². The van der Waals surface area contributed by atoms with Gasteiger partial charge in [0.15, 0.2) is 11.5 Å². The van der Waals surface area contributed by atoms with Crippen LogP contribution in [0, 0.1) is 5.92 Å². The molecule has 1 aliphatic rings. The van der Waals surface area contributed by atoms with E-state index in [1.165, 1.54) is 6.07 Å². The third-order valence-corrected chi connectivity index (χ3v) is 5.58. The molecule has 0 bridgehead atoms. The van der Waals surface area contributed by atoms with Crippen LogP contribution in [0.2, 0.25) is 0 Å². The van der Waals surface area contributed by atoms with Crippen LogP contribution in [0.5, 0.6) is 11.5 Å². The first-order valence-electron chi connectivity index (χ1n) is 8.13. The monoisotopic (exact) mass is 378 g/mol. The Morgan fingerprint density at radius 2 is 1.83 bits per heavy atom. The fourth-order valence-electron chi connectivity index (χ4n) is 2.94. The Balaban J connectivity index is 0.00000288. The number of sulfonamides is 1. The van der Waals surface area contributed by atoms with Crippen LogP contribution >= 0.6 is 12.4 Å². The lowest BCUT2D eigenvalue weighted by atomic mass is 10.1. The van der Waals surface area contributed by atoms with Crippen molar-refractivity contribution in [2.45, 2.75) is 44.0 Å². The van der Waals surface area contributed by atoms with Crippen molar-refractivity contribution in [1.29, 1.82) is 0 Å². The molecular weight excluding hydrogens is 352 g/mol. The van der Waals surface area contributed by atoms with Gasteiger partial charge in [-0.1, -0.05) is 6.42 Å². The molecule has 6 nitrogen and oxygen atoms in total. The first kappa shape index (κ1) is 21.0. The smallest absolute Gasteiger partial charge is 0.240 e. The number of nitrogens with one attached hydrogen (secondary N) is 1. The van der Waals surface area contributed by atoms with Gasteiger partial charge in [-0.25, -0.2) is 13.1 Å². The highest BCUT2D eigenvalue weighted by atomic mass is 35.5. The molecule has 1 fully saturated rings. The van der Waals surface area contributed by atoms with Crippen molar-refractivity contribution in [3.05, 3.63) is 18.2 Å². The minimum Gasteiger partial charge on any atom is -0.490 e. The fourth-order valence-corrected chi connectivity index (χ4v) is 4.29. The van der Waals surface area contributed by atoms with E-state index in [-0.39, 0.29) is 29.3 Å². The molecule has 1 saturated carbocycles. The van der Waals surface area contributed by atoms with Crippen LogP contribution in [-0.2, 0) is 10.0 Å². The molecule has 0 amide bonds. The van der Waals surface area contributed by atoms with Crippen LogP contribution in [0.25, 0.3) is 0 Å². The molecule has 8 heteroatoms. The van der Waals surface area contributed by atoms with E-state index in [0.29, 0.717) is 31.3 Å². The van der Waals surface area contributed by atoms with E-state index in [9.17, 15) is 8.42 Å². The van der Waals surface area contributed by atoms with E-state index in [0.717, 1.165) is 19.3 Å². The first-order chi connectivity index (χ1) is 11.0. The lowest BCUT2D eigenvalue weighted by Gasteiger charge is -2.20. The van der Waals surface area contributed by atoms with Gasteiger partial charge in [-0.15, -0.1) is 12.4 Å². The number of hydrogen-bond donors (Lipinski definition) is 2. The molecule has 0 aromatic heterocycles. The molecule has 0 saturated heterocycles. The SMILES string of the molecule is CCOc1ccc(S(=O)(=O)NC2CCCC2CN)cc1OCC.Cl. The predicted octanol–water partition coefficient (Wildman–Crippen LogP) is 2.31. The molecule has 1 aliphatic carbocycles. The summed E-state index contributed by atoms with van der Waals surface area (Å²) in [6.07, 6.45) is 2.80. The van der Waals surface area contributed by atoms with Gasteiger partial charge in [-0.05, 0) is 51.3 Å². The van der Waals surface area contributed by atoms with Crippen LogP contribution < -0.4 is 19.9 Å².